The largest absolute Gasteiger partial charge is 0.493 e. The van der Waals surface area contributed by atoms with Crippen LogP contribution in [0.25, 0.3) is 22.0 Å². The number of nitrogens with zero attached hydrogens (tertiary/aromatic N) is 2. The Hall–Kier alpha value is -3.08. The van der Waals surface area contributed by atoms with Gasteiger partial charge in [0.05, 0.1) is 12.1 Å². The lowest BCUT2D eigenvalue weighted by atomic mass is 10.1. The molecule has 5 nitrogen and oxygen atoms in total. The molecular formula is C22H20N2O3. The van der Waals surface area contributed by atoms with Crippen molar-refractivity contribution in [1.82, 2.24) is 9.88 Å². The molecule has 2 heterocycles. The average Bonchev–Trinajstić information content (AvgIpc) is 3.14. The molecule has 0 radical (unpaired) electrons. The Morgan fingerprint density at radius 3 is 2.56 bits per heavy atom. The summed E-state index contributed by atoms with van der Waals surface area (Å²) in [5, 5.41) is 10.1. The molecule has 27 heavy (non-hydrogen) atoms. The van der Waals surface area contributed by atoms with Crippen molar-refractivity contribution in [3.05, 3.63) is 60.8 Å². The van der Waals surface area contributed by atoms with Gasteiger partial charge in [-0.1, -0.05) is 30.3 Å². The number of amides is 1. The molecule has 1 aromatic heterocycles. The maximum absolute atomic E-state index is 11.0. The predicted molar refractivity (Wildman–Crippen MR) is 103 cm³/mol. The summed E-state index contributed by atoms with van der Waals surface area (Å²) in [7, 11) is 0. The summed E-state index contributed by atoms with van der Waals surface area (Å²) in [6, 6.07) is 18.3. The molecule has 2 fully saturated rings. The van der Waals surface area contributed by atoms with Gasteiger partial charge in [-0.3, -0.25) is 4.98 Å². The molecule has 1 N–H and O–H groups in total. The normalized spacial score (nSPS) is 23.3. The van der Waals surface area contributed by atoms with Crippen LogP contribution in [0.3, 0.4) is 0 Å². The van der Waals surface area contributed by atoms with Gasteiger partial charge in [0.1, 0.15) is 5.75 Å². The number of carbonyl (C=O) groups is 1. The Balaban J connectivity index is 1.21. The minimum absolute atomic E-state index is 0.476. The zero-order chi connectivity index (χ0) is 18.4. The highest BCUT2D eigenvalue weighted by Crippen LogP contribution is 2.51. The molecule has 3 atom stereocenters. The highest BCUT2D eigenvalue weighted by atomic mass is 16.5. The lowest BCUT2D eigenvalue weighted by molar-refractivity contribution is 0.145. The molecule has 1 saturated heterocycles. The van der Waals surface area contributed by atoms with Crippen molar-refractivity contribution in [3.8, 4) is 16.9 Å². The number of likely N-dealkylation sites (tertiary alicyclic amines) is 1. The number of fused-ring (bicyclic) bond motifs is 2. The fourth-order valence-electron chi connectivity index (χ4n) is 4.22. The van der Waals surface area contributed by atoms with Crippen LogP contribution in [-0.2, 0) is 0 Å². The van der Waals surface area contributed by atoms with Gasteiger partial charge in [0.2, 0.25) is 0 Å². The van der Waals surface area contributed by atoms with Crippen LogP contribution >= 0.6 is 0 Å². The van der Waals surface area contributed by atoms with Crippen molar-refractivity contribution < 1.29 is 14.6 Å². The molecule has 136 valence electrons. The van der Waals surface area contributed by atoms with E-state index in [1.165, 1.54) is 4.90 Å². The van der Waals surface area contributed by atoms with Gasteiger partial charge in [0.25, 0.3) is 0 Å². The summed E-state index contributed by atoms with van der Waals surface area (Å²) < 4.78 is 5.94. The van der Waals surface area contributed by atoms with Crippen molar-refractivity contribution in [2.24, 2.45) is 17.8 Å². The molecule has 1 amide bonds. The zero-order valence-electron chi connectivity index (χ0n) is 14.8. The predicted octanol–water partition coefficient (Wildman–Crippen LogP) is 4.14. The highest BCUT2D eigenvalue weighted by molar-refractivity contribution is 5.83. The standard InChI is InChI=1S/C22H20N2O3/c25-22(26)24-11-18-19(12-24)20(18)13-27-17-7-5-14(6-8-17)16-9-15-3-1-2-4-21(15)23-10-16/h1-10,18-20H,11-13H2,(H,25,26)/t18-,19+,20?. The number of carboxylic acid groups (broad SMARTS) is 1. The third kappa shape index (κ3) is 2.99. The van der Waals surface area contributed by atoms with E-state index in [4.69, 9.17) is 9.84 Å². The van der Waals surface area contributed by atoms with Crippen LogP contribution in [0.5, 0.6) is 5.75 Å². The van der Waals surface area contributed by atoms with Crippen LogP contribution in [-0.4, -0.2) is 40.8 Å². The smallest absolute Gasteiger partial charge is 0.407 e. The maximum atomic E-state index is 11.0. The molecule has 3 aromatic rings. The van der Waals surface area contributed by atoms with Crippen molar-refractivity contribution in [1.29, 1.82) is 0 Å². The number of para-hydroxylation sites is 1. The van der Waals surface area contributed by atoms with E-state index in [-0.39, 0.29) is 0 Å². The summed E-state index contributed by atoms with van der Waals surface area (Å²) in [5.41, 5.74) is 3.20. The molecule has 5 heteroatoms. The molecule has 1 unspecified atom stereocenters. The molecule has 2 aromatic carbocycles. The van der Waals surface area contributed by atoms with Crippen molar-refractivity contribution in [3.63, 3.8) is 0 Å². The monoisotopic (exact) mass is 360 g/mol. The van der Waals surface area contributed by atoms with Crippen LogP contribution in [0.2, 0.25) is 0 Å². The second-order valence-corrected chi connectivity index (χ2v) is 7.43. The Morgan fingerprint density at radius 2 is 1.81 bits per heavy atom. The SMILES string of the molecule is O=C(O)N1C[C@@H]2C(COc3ccc(-c4cnc5ccccc5c4)cc3)[C@@H]2C1. The van der Waals surface area contributed by atoms with Gasteiger partial charge >= 0.3 is 6.09 Å². The van der Waals surface area contributed by atoms with Gasteiger partial charge in [0.15, 0.2) is 0 Å². The molecule has 0 spiro atoms. The topological polar surface area (TPSA) is 62.7 Å². The zero-order valence-corrected chi connectivity index (χ0v) is 14.8. The van der Waals surface area contributed by atoms with E-state index in [1.54, 1.807) is 0 Å². The lowest BCUT2D eigenvalue weighted by Crippen LogP contribution is -2.30. The minimum Gasteiger partial charge on any atom is -0.493 e. The van der Waals surface area contributed by atoms with Gasteiger partial charge in [-0.05, 0) is 41.7 Å². The Bertz CT molecular complexity index is 990. The second-order valence-electron chi connectivity index (χ2n) is 7.43. The van der Waals surface area contributed by atoms with E-state index in [0.717, 1.165) is 27.8 Å². The first-order chi connectivity index (χ1) is 13.2. The number of ether oxygens (including phenoxy) is 1. The number of pyridine rings is 1. The minimum atomic E-state index is -0.805. The van der Waals surface area contributed by atoms with E-state index in [9.17, 15) is 4.79 Å². The second kappa shape index (κ2) is 6.27. The van der Waals surface area contributed by atoms with Crippen LogP contribution in [0.1, 0.15) is 0 Å². The summed E-state index contributed by atoms with van der Waals surface area (Å²) in [4.78, 5) is 17.0. The van der Waals surface area contributed by atoms with Gasteiger partial charge in [0, 0.05) is 36.2 Å². The van der Waals surface area contributed by atoms with E-state index >= 15 is 0 Å². The fraction of sp³-hybridized carbons (Fsp3) is 0.273. The lowest BCUT2D eigenvalue weighted by Gasteiger charge is -2.16. The number of piperidine rings is 1. The van der Waals surface area contributed by atoms with Gasteiger partial charge in [-0.25, -0.2) is 4.79 Å². The first-order valence-corrected chi connectivity index (χ1v) is 9.25. The molecule has 2 aliphatic rings. The number of benzene rings is 2. The van der Waals surface area contributed by atoms with E-state index in [1.807, 2.05) is 36.5 Å². The van der Waals surface area contributed by atoms with Crippen molar-refractivity contribution in [2.45, 2.75) is 0 Å². The van der Waals surface area contributed by atoms with Gasteiger partial charge < -0.3 is 14.7 Å². The molecule has 1 aliphatic carbocycles. The van der Waals surface area contributed by atoms with E-state index < -0.39 is 6.09 Å². The third-order valence-corrected chi connectivity index (χ3v) is 5.86. The Morgan fingerprint density at radius 1 is 1.07 bits per heavy atom. The van der Waals surface area contributed by atoms with E-state index in [2.05, 4.69) is 29.2 Å². The van der Waals surface area contributed by atoms with Crippen LogP contribution in [0, 0.1) is 17.8 Å². The van der Waals surface area contributed by atoms with Crippen LogP contribution in [0.15, 0.2) is 60.8 Å². The average molecular weight is 360 g/mol. The Kier molecular flexibility index (Phi) is 3.74. The first-order valence-electron chi connectivity index (χ1n) is 9.25. The summed E-state index contributed by atoms with van der Waals surface area (Å²) >= 11 is 0. The molecule has 1 saturated carbocycles. The van der Waals surface area contributed by atoms with Gasteiger partial charge in [-0.15, -0.1) is 0 Å². The van der Waals surface area contributed by atoms with Crippen LogP contribution in [0.4, 0.5) is 4.79 Å². The number of aromatic nitrogens is 1. The fourth-order valence-corrected chi connectivity index (χ4v) is 4.22. The van der Waals surface area contributed by atoms with Crippen molar-refractivity contribution in [2.75, 3.05) is 19.7 Å². The highest BCUT2D eigenvalue weighted by Gasteiger charge is 2.56. The number of hydrogen-bond acceptors (Lipinski definition) is 3. The number of rotatable bonds is 4. The quantitative estimate of drug-likeness (QED) is 0.760. The number of hydrogen-bond donors (Lipinski definition) is 1. The summed E-state index contributed by atoms with van der Waals surface area (Å²) in [6.45, 7) is 1.98. The molecule has 5 rings (SSSR count). The first kappa shape index (κ1) is 16.1. The summed E-state index contributed by atoms with van der Waals surface area (Å²) in [5.74, 6) is 2.30. The van der Waals surface area contributed by atoms with Crippen molar-refractivity contribution >= 4 is 17.0 Å². The van der Waals surface area contributed by atoms with E-state index in [0.29, 0.717) is 37.5 Å². The summed E-state index contributed by atoms with van der Waals surface area (Å²) in [6.07, 6.45) is 1.10. The van der Waals surface area contributed by atoms with Gasteiger partial charge in [-0.2, -0.15) is 0 Å². The third-order valence-electron chi connectivity index (χ3n) is 5.86. The molecular weight excluding hydrogens is 340 g/mol. The molecule has 1 aliphatic heterocycles. The van der Waals surface area contributed by atoms with Crippen LogP contribution < -0.4 is 4.74 Å². The maximum Gasteiger partial charge on any atom is 0.407 e. The Labute approximate surface area is 157 Å². The molecule has 0 bridgehead atoms.